The van der Waals surface area contributed by atoms with Crippen LogP contribution in [0.1, 0.15) is 136 Å². The van der Waals surface area contributed by atoms with Crippen molar-refractivity contribution in [3.05, 3.63) is 48.6 Å². The number of hydrogen-bond acceptors (Lipinski definition) is 6. The lowest BCUT2D eigenvalue weighted by Gasteiger charge is -2.12. The molecule has 42 heavy (non-hydrogen) atoms. The average molecular weight is 591 g/mol. The minimum absolute atomic E-state index is 0.143. The largest absolute Gasteiger partial charge is 0.463 e. The second-order valence-electron chi connectivity index (χ2n) is 11.6. The van der Waals surface area contributed by atoms with E-state index < -0.39 is 6.10 Å². The topological polar surface area (TPSA) is 93.1 Å². The molecule has 0 aliphatic rings. The predicted octanol–water partition coefficient (Wildman–Crippen LogP) is 8.72. The van der Waals surface area contributed by atoms with Crippen molar-refractivity contribution in [2.24, 2.45) is 5.92 Å². The molecule has 0 spiro atoms. The van der Waals surface area contributed by atoms with Crippen LogP contribution in [0, 0.1) is 5.92 Å². The van der Waals surface area contributed by atoms with Crippen LogP contribution in [0.25, 0.3) is 0 Å². The van der Waals surface area contributed by atoms with E-state index in [4.69, 9.17) is 9.47 Å². The van der Waals surface area contributed by atoms with Gasteiger partial charge in [-0.1, -0.05) is 114 Å². The van der Waals surface area contributed by atoms with Crippen molar-refractivity contribution >= 4 is 11.9 Å². The lowest BCUT2D eigenvalue weighted by Crippen LogP contribution is -2.25. The van der Waals surface area contributed by atoms with E-state index in [1.54, 1.807) is 0 Å². The summed E-state index contributed by atoms with van der Waals surface area (Å²) in [7, 11) is 0. The van der Waals surface area contributed by atoms with Gasteiger partial charge in [-0.25, -0.2) is 0 Å². The maximum atomic E-state index is 11.9. The van der Waals surface area contributed by atoms with Crippen LogP contribution in [0.5, 0.6) is 0 Å². The van der Waals surface area contributed by atoms with Gasteiger partial charge in [0.15, 0.2) is 0 Å². The van der Waals surface area contributed by atoms with Crippen molar-refractivity contribution in [2.45, 2.75) is 149 Å². The standard InChI is InChI=1S/C36H62O6/c1-4-33(37)27-23-19-15-11-9-7-5-6-8-10-12-16-20-24-28-35(39)41-30-34(38)31-42-36(40)29-25-21-17-13-14-18-22-26-32(2)3/h6-9,12,15-16,19,32-34,37-38H,4-5,10-11,13-14,17-18,20-31H2,1-3H3/b8-6-,9-7-,16-12-,19-15-/t33-,34-/m0/s1. The van der Waals surface area contributed by atoms with Gasteiger partial charge in [-0.05, 0) is 63.7 Å². The minimum Gasteiger partial charge on any atom is -0.463 e. The van der Waals surface area contributed by atoms with Crippen LogP contribution in [0.4, 0.5) is 0 Å². The van der Waals surface area contributed by atoms with Crippen LogP contribution in [0.15, 0.2) is 48.6 Å². The Hall–Kier alpha value is -2.18. The van der Waals surface area contributed by atoms with Gasteiger partial charge in [0.2, 0.25) is 0 Å². The second-order valence-corrected chi connectivity index (χ2v) is 11.6. The summed E-state index contributed by atoms with van der Waals surface area (Å²) < 4.78 is 10.2. The molecule has 0 aromatic rings. The van der Waals surface area contributed by atoms with Crippen LogP contribution in [-0.4, -0.2) is 47.6 Å². The molecule has 0 amide bonds. The van der Waals surface area contributed by atoms with Crippen molar-refractivity contribution in [1.82, 2.24) is 0 Å². The molecule has 0 aromatic heterocycles. The third-order valence-corrected chi connectivity index (χ3v) is 6.91. The summed E-state index contributed by atoms with van der Waals surface area (Å²) in [5.41, 5.74) is 0. The summed E-state index contributed by atoms with van der Waals surface area (Å²) in [4.78, 5) is 23.7. The van der Waals surface area contributed by atoms with Crippen molar-refractivity contribution in [3.63, 3.8) is 0 Å². The third kappa shape index (κ3) is 30.8. The number of hydrogen-bond donors (Lipinski definition) is 2. The van der Waals surface area contributed by atoms with E-state index in [-0.39, 0.29) is 31.3 Å². The Kier molecular flexibility index (Phi) is 28.7. The molecule has 0 unspecified atom stereocenters. The van der Waals surface area contributed by atoms with Gasteiger partial charge in [0, 0.05) is 12.8 Å². The molecule has 0 aromatic carbocycles. The summed E-state index contributed by atoms with van der Waals surface area (Å²) in [6.07, 6.45) is 32.6. The zero-order valence-corrected chi connectivity index (χ0v) is 27.0. The molecule has 0 fully saturated rings. The molecule has 0 aliphatic carbocycles. The van der Waals surface area contributed by atoms with E-state index in [1.165, 1.54) is 32.1 Å². The highest BCUT2D eigenvalue weighted by Gasteiger charge is 2.12. The van der Waals surface area contributed by atoms with Crippen molar-refractivity contribution in [3.8, 4) is 0 Å². The molecule has 0 rings (SSSR count). The van der Waals surface area contributed by atoms with Crippen molar-refractivity contribution < 1.29 is 29.3 Å². The first kappa shape index (κ1) is 39.8. The Morgan fingerprint density at radius 3 is 1.55 bits per heavy atom. The summed E-state index contributed by atoms with van der Waals surface area (Å²) in [6.45, 7) is 6.23. The van der Waals surface area contributed by atoms with Gasteiger partial charge < -0.3 is 19.7 Å². The highest BCUT2D eigenvalue weighted by atomic mass is 16.6. The number of aliphatic hydroxyl groups excluding tert-OH is 2. The normalized spacial score (nSPS) is 13.7. The predicted molar refractivity (Wildman–Crippen MR) is 174 cm³/mol. The lowest BCUT2D eigenvalue weighted by atomic mass is 10.0. The molecule has 0 saturated carbocycles. The number of unbranched alkanes of at least 4 members (excludes halogenated alkanes) is 7. The molecule has 2 N–H and O–H groups in total. The Morgan fingerprint density at radius 1 is 0.571 bits per heavy atom. The Labute approximate surface area is 257 Å². The molecule has 6 heteroatoms. The zero-order valence-electron chi connectivity index (χ0n) is 27.0. The highest BCUT2D eigenvalue weighted by molar-refractivity contribution is 5.69. The number of rotatable bonds is 28. The first-order valence-corrected chi connectivity index (χ1v) is 16.6. The Balaban J connectivity index is 3.61. The quantitative estimate of drug-likeness (QED) is 0.0538. The van der Waals surface area contributed by atoms with E-state index >= 15 is 0 Å². The van der Waals surface area contributed by atoms with Gasteiger partial charge in [-0.3, -0.25) is 9.59 Å². The summed E-state index contributed by atoms with van der Waals surface area (Å²) in [5.74, 6) is 0.131. The number of ether oxygens (including phenoxy) is 2. The molecular formula is C36H62O6. The van der Waals surface area contributed by atoms with Gasteiger partial charge in [0.05, 0.1) is 6.10 Å². The van der Waals surface area contributed by atoms with Crippen molar-refractivity contribution in [2.75, 3.05) is 13.2 Å². The van der Waals surface area contributed by atoms with E-state index in [2.05, 4.69) is 62.5 Å². The molecule has 0 aliphatic heterocycles. The molecule has 0 saturated heterocycles. The highest BCUT2D eigenvalue weighted by Crippen LogP contribution is 2.13. The van der Waals surface area contributed by atoms with Crippen LogP contribution >= 0.6 is 0 Å². The van der Waals surface area contributed by atoms with Gasteiger partial charge >= 0.3 is 11.9 Å². The maximum absolute atomic E-state index is 11.9. The summed E-state index contributed by atoms with van der Waals surface area (Å²) >= 11 is 0. The Morgan fingerprint density at radius 2 is 1.02 bits per heavy atom. The van der Waals surface area contributed by atoms with Crippen LogP contribution in [-0.2, 0) is 19.1 Å². The van der Waals surface area contributed by atoms with Crippen LogP contribution < -0.4 is 0 Å². The van der Waals surface area contributed by atoms with E-state index in [0.29, 0.717) is 19.3 Å². The fourth-order valence-corrected chi connectivity index (χ4v) is 4.18. The smallest absolute Gasteiger partial charge is 0.305 e. The van der Waals surface area contributed by atoms with Crippen molar-refractivity contribution in [1.29, 1.82) is 0 Å². The minimum atomic E-state index is -0.993. The SMILES string of the molecule is CC[C@H](O)CC/C=C\C/C=C\C/C=C\C/C=C\CCCC(=O)OC[C@H](O)COC(=O)CCCCCCCCCC(C)C. The molecule has 242 valence electrons. The second kappa shape index (κ2) is 30.3. The fraction of sp³-hybridized carbons (Fsp3) is 0.722. The number of esters is 2. The molecule has 2 atom stereocenters. The number of carbonyl (C=O) groups is 2. The Bertz CT molecular complexity index is 752. The molecule has 0 heterocycles. The fourth-order valence-electron chi connectivity index (χ4n) is 4.18. The molecule has 6 nitrogen and oxygen atoms in total. The third-order valence-electron chi connectivity index (χ3n) is 6.91. The number of carbonyl (C=O) groups excluding carboxylic acids is 2. The molecule has 0 radical (unpaired) electrons. The van der Waals surface area contributed by atoms with Gasteiger partial charge in [-0.2, -0.15) is 0 Å². The monoisotopic (exact) mass is 590 g/mol. The average Bonchev–Trinajstić information content (AvgIpc) is 2.97. The maximum Gasteiger partial charge on any atom is 0.305 e. The van der Waals surface area contributed by atoms with Gasteiger partial charge in [-0.15, -0.1) is 0 Å². The molecular weight excluding hydrogens is 528 g/mol. The van der Waals surface area contributed by atoms with E-state index in [9.17, 15) is 19.8 Å². The van der Waals surface area contributed by atoms with E-state index in [0.717, 1.165) is 70.1 Å². The van der Waals surface area contributed by atoms with Gasteiger partial charge in [0.25, 0.3) is 0 Å². The van der Waals surface area contributed by atoms with Gasteiger partial charge in [0.1, 0.15) is 19.3 Å². The summed E-state index contributed by atoms with van der Waals surface area (Å²) in [5, 5.41) is 19.4. The first-order chi connectivity index (χ1) is 20.3. The molecule has 0 bridgehead atoms. The zero-order chi connectivity index (χ0) is 31.1. The lowest BCUT2D eigenvalue weighted by molar-refractivity contribution is -0.152. The number of aliphatic hydroxyl groups is 2. The summed E-state index contributed by atoms with van der Waals surface area (Å²) in [6, 6.07) is 0. The van der Waals surface area contributed by atoms with Crippen LogP contribution in [0.2, 0.25) is 0 Å². The van der Waals surface area contributed by atoms with Crippen LogP contribution in [0.3, 0.4) is 0 Å². The number of allylic oxidation sites excluding steroid dienone is 8. The van der Waals surface area contributed by atoms with E-state index in [1.807, 2.05) is 6.92 Å². The first-order valence-electron chi connectivity index (χ1n) is 16.6.